The molecular formula is C26H30FN3O2. The molecule has 0 bridgehead atoms. The zero-order valence-corrected chi connectivity index (χ0v) is 18.7. The van der Waals surface area contributed by atoms with Gasteiger partial charge in [-0.05, 0) is 37.8 Å². The molecule has 0 unspecified atom stereocenters. The van der Waals surface area contributed by atoms with Crippen LogP contribution in [0, 0.1) is 11.7 Å². The van der Waals surface area contributed by atoms with Crippen molar-refractivity contribution in [1.29, 1.82) is 0 Å². The van der Waals surface area contributed by atoms with Crippen LogP contribution in [-0.2, 0) is 13.6 Å². The van der Waals surface area contributed by atoms with Gasteiger partial charge in [-0.15, -0.1) is 6.58 Å². The van der Waals surface area contributed by atoms with E-state index in [1.807, 2.05) is 37.4 Å². The van der Waals surface area contributed by atoms with E-state index in [2.05, 4.69) is 11.5 Å². The molecule has 0 amide bonds. The van der Waals surface area contributed by atoms with E-state index >= 15 is 0 Å². The van der Waals surface area contributed by atoms with Crippen molar-refractivity contribution in [2.45, 2.75) is 31.9 Å². The predicted octanol–water partition coefficient (Wildman–Crippen LogP) is 5.17. The molecule has 0 saturated heterocycles. The molecule has 5 nitrogen and oxygen atoms in total. The Balaban J connectivity index is 1.73. The smallest absolute Gasteiger partial charge is 0.222 e. The van der Waals surface area contributed by atoms with E-state index in [1.54, 1.807) is 29.8 Å². The first-order valence-electron chi connectivity index (χ1n) is 11.0. The van der Waals surface area contributed by atoms with Gasteiger partial charge in [0.25, 0.3) is 0 Å². The minimum atomic E-state index is -1.01. The molecule has 168 valence electrons. The summed E-state index contributed by atoms with van der Waals surface area (Å²) in [5.74, 6) is 1.26. The van der Waals surface area contributed by atoms with Crippen LogP contribution >= 0.6 is 0 Å². The van der Waals surface area contributed by atoms with Gasteiger partial charge in [0.1, 0.15) is 17.3 Å². The molecule has 1 fully saturated rings. The summed E-state index contributed by atoms with van der Waals surface area (Å²) in [6.45, 7) is 7.43. The van der Waals surface area contributed by atoms with E-state index in [0.29, 0.717) is 30.6 Å². The second-order valence-corrected chi connectivity index (χ2v) is 8.86. The van der Waals surface area contributed by atoms with E-state index in [4.69, 9.17) is 9.84 Å². The monoisotopic (exact) mass is 435 g/mol. The summed E-state index contributed by atoms with van der Waals surface area (Å²) in [7, 11) is 1.83. The average Bonchev–Trinajstić information content (AvgIpc) is 3.53. The zero-order valence-electron chi connectivity index (χ0n) is 18.7. The maximum Gasteiger partial charge on any atom is 0.222 e. The Hall–Kier alpha value is -2.96. The van der Waals surface area contributed by atoms with Crippen LogP contribution in [-0.4, -0.2) is 38.5 Å². The number of ether oxygens (including phenoxy) is 1. The molecule has 1 atom stereocenters. The van der Waals surface area contributed by atoms with Crippen molar-refractivity contribution in [2.24, 2.45) is 13.0 Å². The molecule has 1 aromatic heterocycles. The lowest BCUT2D eigenvalue weighted by molar-refractivity contribution is 0.0566. The number of benzene rings is 2. The maximum absolute atomic E-state index is 13.8. The Kier molecular flexibility index (Phi) is 6.44. The first kappa shape index (κ1) is 22.2. The van der Waals surface area contributed by atoms with E-state index in [-0.39, 0.29) is 5.82 Å². The fourth-order valence-corrected chi connectivity index (χ4v) is 3.88. The van der Waals surface area contributed by atoms with E-state index in [1.165, 1.54) is 25.0 Å². The van der Waals surface area contributed by atoms with Crippen LogP contribution in [0.4, 0.5) is 4.39 Å². The fourth-order valence-electron chi connectivity index (χ4n) is 3.88. The number of hydrogen-bond donors (Lipinski definition) is 1. The second kappa shape index (κ2) is 9.27. The fraction of sp³-hybridized carbons (Fsp3) is 0.346. The number of aromatic nitrogens is 2. The molecular weight excluding hydrogens is 405 g/mol. The third-order valence-electron chi connectivity index (χ3n) is 5.72. The molecule has 1 aliphatic carbocycles. The Bertz CT molecular complexity index is 1070. The molecule has 1 saturated carbocycles. The molecule has 32 heavy (non-hydrogen) atoms. The van der Waals surface area contributed by atoms with Crippen molar-refractivity contribution in [3.05, 3.63) is 78.6 Å². The molecule has 0 spiro atoms. The predicted molar refractivity (Wildman–Crippen MR) is 124 cm³/mol. The number of aryl methyl sites for hydroxylation is 1. The van der Waals surface area contributed by atoms with Gasteiger partial charge in [-0.2, -0.15) is 5.10 Å². The highest BCUT2D eigenvalue weighted by Crippen LogP contribution is 2.36. The molecule has 2 aromatic carbocycles. The molecule has 0 aliphatic heterocycles. The van der Waals surface area contributed by atoms with Crippen LogP contribution < -0.4 is 4.74 Å². The first-order chi connectivity index (χ1) is 15.3. The van der Waals surface area contributed by atoms with Crippen LogP contribution in [0.1, 0.15) is 25.3 Å². The Morgan fingerprint density at radius 3 is 2.66 bits per heavy atom. The van der Waals surface area contributed by atoms with Crippen LogP contribution in [0.5, 0.6) is 11.6 Å². The van der Waals surface area contributed by atoms with Gasteiger partial charge < -0.3 is 9.84 Å². The van der Waals surface area contributed by atoms with Gasteiger partial charge in [0.15, 0.2) is 0 Å². The van der Waals surface area contributed by atoms with Crippen LogP contribution in [0.15, 0.2) is 67.3 Å². The van der Waals surface area contributed by atoms with Crippen LogP contribution in [0.3, 0.4) is 0 Å². The number of nitrogens with zero attached hydrogens (tertiary/aromatic N) is 3. The van der Waals surface area contributed by atoms with Gasteiger partial charge >= 0.3 is 0 Å². The molecule has 1 aliphatic rings. The first-order valence-corrected chi connectivity index (χ1v) is 11.0. The third kappa shape index (κ3) is 5.44. The van der Waals surface area contributed by atoms with Gasteiger partial charge in [0.05, 0.1) is 11.2 Å². The van der Waals surface area contributed by atoms with Crippen molar-refractivity contribution >= 4 is 0 Å². The Labute approximate surface area is 188 Å². The highest BCUT2D eigenvalue weighted by molar-refractivity contribution is 5.65. The SMILES string of the molecule is C=C[C@](C)(O)CN(Cc1c(-c2ccccc2)nn(C)c1Oc1cccc(F)c1)CC1CC1. The Morgan fingerprint density at radius 2 is 2.00 bits per heavy atom. The van der Waals surface area contributed by atoms with Gasteiger partial charge in [0, 0.05) is 38.3 Å². The van der Waals surface area contributed by atoms with Gasteiger partial charge in [0.2, 0.25) is 5.88 Å². The zero-order chi connectivity index (χ0) is 22.7. The minimum Gasteiger partial charge on any atom is -0.439 e. The average molecular weight is 436 g/mol. The van der Waals surface area contributed by atoms with Crippen molar-refractivity contribution in [1.82, 2.24) is 14.7 Å². The third-order valence-corrected chi connectivity index (χ3v) is 5.72. The summed E-state index contributed by atoms with van der Waals surface area (Å²) in [6, 6.07) is 16.1. The minimum absolute atomic E-state index is 0.355. The molecule has 3 aromatic rings. The molecule has 0 radical (unpaired) electrons. The van der Waals surface area contributed by atoms with Gasteiger partial charge in [-0.3, -0.25) is 4.90 Å². The Morgan fingerprint density at radius 1 is 1.25 bits per heavy atom. The lowest BCUT2D eigenvalue weighted by Gasteiger charge is -2.30. The van der Waals surface area contributed by atoms with Crippen molar-refractivity contribution in [2.75, 3.05) is 13.1 Å². The summed E-state index contributed by atoms with van der Waals surface area (Å²) >= 11 is 0. The highest BCUT2D eigenvalue weighted by Gasteiger charge is 2.30. The summed E-state index contributed by atoms with van der Waals surface area (Å²) in [4.78, 5) is 2.24. The quantitative estimate of drug-likeness (QED) is 0.447. The summed E-state index contributed by atoms with van der Waals surface area (Å²) < 4.78 is 21.6. The number of rotatable bonds is 10. The largest absolute Gasteiger partial charge is 0.439 e. The van der Waals surface area contributed by atoms with Crippen molar-refractivity contribution < 1.29 is 14.2 Å². The van der Waals surface area contributed by atoms with Gasteiger partial charge in [-0.1, -0.05) is 42.5 Å². The molecule has 1 N–H and O–H groups in total. The molecule has 1 heterocycles. The number of hydrogen-bond acceptors (Lipinski definition) is 4. The van der Waals surface area contributed by atoms with Crippen LogP contribution in [0.2, 0.25) is 0 Å². The lowest BCUT2D eigenvalue weighted by Crippen LogP contribution is -2.40. The van der Waals surface area contributed by atoms with E-state index < -0.39 is 5.60 Å². The standard InChI is InChI=1S/C26H30FN3O2/c1-4-26(2,31)18-30(16-19-13-14-19)17-23-24(20-9-6-5-7-10-20)28-29(3)25(23)32-22-12-8-11-21(27)15-22/h4-12,15,19,31H,1,13-14,16-18H2,2-3H3/t26-/m0/s1. The van der Waals surface area contributed by atoms with Crippen molar-refractivity contribution in [3.63, 3.8) is 0 Å². The van der Waals surface area contributed by atoms with Gasteiger partial charge in [-0.25, -0.2) is 9.07 Å². The molecule has 6 heteroatoms. The number of halogens is 1. The normalized spacial score (nSPS) is 15.5. The van der Waals surface area contributed by atoms with Crippen LogP contribution in [0.25, 0.3) is 11.3 Å². The van der Waals surface area contributed by atoms with Crippen molar-refractivity contribution in [3.8, 4) is 22.9 Å². The highest BCUT2D eigenvalue weighted by atomic mass is 19.1. The molecule has 4 rings (SSSR count). The van der Waals surface area contributed by atoms with E-state index in [9.17, 15) is 9.50 Å². The topological polar surface area (TPSA) is 50.5 Å². The number of aliphatic hydroxyl groups is 1. The maximum atomic E-state index is 13.8. The summed E-state index contributed by atoms with van der Waals surface area (Å²) in [6.07, 6.45) is 3.99. The summed E-state index contributed by atoms with van der Waals surface area (Å²) in [5.41, 5.74) is 1.70. The second-order valence-electron chi connectivity index (χ2n) is 8.86. The lowest BCUT2D eigenvalue weighted by atomic mass is 10.0. The summed E-state index contributed by atoms with van der Waals surface area (Å²) in [5, 5.41) is 15.4. The van der Waals surface area contributed by atoms with E-state index in [0.717, 1.165) is 23.4 Å².